The predicted octanol–water partition coefficient (Wildman–Crippen LogP) is 3.98. The first-order chi connectivity index (χ1) is 11.7. The van der Waals surface area contributed by atoms with Gasteiger partial charge < -0.3 is 14.8 Å². The molecule has 0 saturated carbocycles. The summed E-state index contributed by atoms with van der Waals surface area (Å²) in [4.78, 5) is 12.0. The SMILES string of the molecule is CCCOc1ccc(OCC(=O)Nc2ccc3c(c2)CCC3)cc1. The smallest absolute Gasteiger partial charge is 0.262 e. The number of hydrogen-bond donors (Lipinski definition) is 1. The fraction of sp³-hybridized carbons (Fsp3) is 0.350. The van der Waals surface area contributed by atoms with Crippen LogP contribution in [0.5, 0.6) is 11.5 Å². The number of aryl methyl sites for hydroxylation is 2. The third kappa shape index (κ3) is 4.28. The molecule has 0 saturated heterocycles. The van der Waals surface area contributed by atoms with Gasteiger partial charge in [-0.1, -0.05) is 13.0 Å². The van der Waals surface area contributed by atoms with E-state index in [1.165, 1.54) is 17.5 Å². The molecule has 0 fully saturated rings. The van der Waals surface area contributed by atoms with Crippen LogP contribution >= 0.6 is 0 Å². The average molecular weight is 325 g/mol. The molecule has 4 nitrogen and oxygen atoms in total. The maximum atomic E-state index is 12.0. The molecule has 2 aromatic rings. The van der Waals surface area contributed by atoms with Crippen molar-refractivity contribution in [2.45, 2.75) is 32.6 Å². The largest absolute Gasteiger partial charge is 0.494 e. The van der Waals surface area contributed by atoms with Crippen molar-refractivity contribution in [3.63, 3.8) is 0 Å². The molecule has 0 unspecified atom stereocenters. The molecule has 0 aromatic heterocycles. The second kappa shape index (κ2) is 7.86. The summed E-state index contributed by atoms with van der Waals surface area (Å²) in [5.41, 5.74) is 3.58. The second-order valence-corrected chi connectivity index (χ2v) is 5.99. The predicted molar refractivity (Wildman–Crippen MR) is 94.8 cm³/mol. The van der Waals surface area contributed by atoms with E-state index < -0.39 is 0 Å². The Bertz CT molecular complexity index is 695. The Balaban J connectivity index is 1.48. The van der Waals surface area contributed by atoms with Crippen LogP contribution in [0.25, 0.3) is 0 Å². The van der Waals surface area contributed by atoms with Crippen LogP contribution in [0.15, 0.2) is 42.5 Å². The molecule has 0 heterocycles. The quantitative estimate of drug-likeness (QED) is 0.837. The number of hydrogen-bond acceptors (Lipinski definition) is 3. The molecular formula is C20H23NO3. The monoisotopic (exact) mass is 325 g/mol. The zero-order valence-corrected chi connectivity index (χ0v) is 14.0. The Morgan fingerprint density at radius 3 is 2.46 bits per heavy atom. The highest BCUT2D eigenvalue weighted by Gasteiger charge is 2.12. The average Bonchev–Trinajstić information content (AvgIpc) is 3.07. The topological polar surface area (TPSA) is 47.6 Å². The number of anilines is 1. The lowest BCUT2D eigenvalue weighted by molar-refractivity contribution is -0.118. The molecule has 126 valence electrons. The van der Waals surface area contributed by atoms with Crippen LogP contribution in [0.2, 0.25) is 0 Å². The van der Waals surface area contributed by atoms with Gasteiger partial charge >= 0.3 is 0 Å². The van der Waals surface area contributed by atoms with Gasteiger partial charge in [-0.3, -0.25) is 4.79 Å². The third-order valence-corrected chi connectivity index (χ3v) is 4.05. The Morgan fingerprint density at radius 2 is 1.71 bits per heavy atom. The molecule has 1 amide bonds. The van der Waals surface area contributed by atoms with Crippen LogP contribution in [-0.2, 0) is 17.6 Å². The lowest BCUT2D eigenvalue weighted by atomic mass is 10.1. The van der Waals surface area contributed by atoms with Crippen molar-refractivity contribution in [1.29, 1.82) is 0 Å². The van der Waals surface area contributed by atoms with Crippen molar-refractivity contribution < 1.29 is 14.3 Å². The van der Waals surface area contributed by atoms with E-state index in [-0.39, 0.29) is 12.5 Å². The van der Waals surface area contributed by atoms with Crippen molar-refractivity contribution >= 4 is 11.6 Å². The van der Waals surface area contributed by atoms with Gasteiger partial charge in [0, 0.05) is 5.69 Å². The van der Waals surface area contributed by atoms with Gasteiger partial charge in [0.25, 0.3) is 5.91 Å². The van der Waals surface area contributed by atoms with Gasteiger partial charge in [-0.25, -0.2) is 0 Å². The molecule has 0 spiro atoms. The summed E-state index contributed by atoms with van der Waals surface area (Å²) in [6.07, 6.45) is 4.42. The van der Waals surface area contributed by atoms with Crippen LogP contribution < -0.4 is 14.8 Å². The second-order valence-electron chi connectivity index (χ2n) is 5.99. The molecule has 0 atom stereocenters. The van der Waals surface area contributed by atoms with Gasteiger partial charge in [0.05, 0.1) is 6.61 Å². The molecule has 24 heavy (non-hydrogen) atoms. The molecule has 0 bridgehead atoms. The van der Waals surface area contributed by atoms with E-state index in [0.29, 0.717) is 12.4 Å². The van der Waals surface area contributed by atoms with Crippen molar-refractivity contribution in [1.82, 2.24) is 0 Å². The standard InChI is InChI=1S/C20H23NO3/c1-2-12-23-18-8-10-19(11-9-18)24-14-20(22)21-17-7-6-15-4-3-5-16(15)13-17/h6-11,13H,2-5,12,14H2,1H3,(H,21,22). The number of fused-ring (bicyclic) bond motifs is 1. The summed E-state index contributed by atoms with van der Waals surface area (Å²) in [6.45, 7) is 2.76. The number of carbonyl (C=O) groups excluding carboxylic acids is 1. The van der Waals surface area contributed by atoms with Crippen molar-refractivity contribution in [3.8, 4) is 11.5 Å². The summed E-state index contributed by atoms with van der Waals surface area (Å²) >= 11 is 0. The molecule has 1 aliphatic rings. The molecule has 2 aromatic carbocycles. The summed E-state index contributed by atoms with van der Waals surface area (Å²) in [7, 11) is 0. The molecule has 4 heteroatoms. The van der Waals surface area contributed by atoms with E-state index >= 15 is 0 Å². The zero-order valence-electron chi connectivity index (χ0n) is 14.0. The molecular weight excluding hydrogens is 302 g/mol. The Morgan fingerprint density at radius 1 is 1.00 bits per heavy atom. The number of benzene rings is 2. The van der Waals surface area contributed by atoms with Crippen molar-refractivity contribution in [3.05, 3.63) is 53.6 Å². The number of rotatable bonds is 7. The first-order valence-electron chi connectivity index (χ1n) is 8.52. The Hall–Kier alpha value is -2.49. The molecule has 3 rings (SSSR count). The zero-order chi connectivity index (χ0) is 16.8. The normalized spacial score (nSPS) is 12.5. The highest BCUT2D eigenvalue weighted by atomic mass is 16.5. The van der Waals surface area contributed by atoms with Gasteiger partial charge in [0.15, 0.2) is 6.61 Å². The minimum absolute atomic E-state index is 0.00769. The minimum atomic E-state index is -0.153. The lowest BCUT2D eigenvalue weighted by Crippen LogP contribution is -2.20. The highest BCUT2D eigenvalue weighted by Crippen LogP contribution is 2.25. The van der Waals surface area contributed by atoms with Gasteiger partial charge in [-0.15, -0.1) is 0 Å². The van der Waals surface area contributed by atoms with Crippen LogP contribution in [0.1, 0.15) is 30.9 Å². The summed E-state index contributed by atoms with van der Waals surface area (Å²) in [5.74, 6) is 1.31. The van der Waals surface area contributed by atoms with Crippen molar-refractivity contribution in [2.75, 3.05) is 18.5 Å². The summed E-state index contributed by atoms with van der Waals surface area (Å²) in [6, 6.07) is 13.5. The molecule has 0 radical (unpaired) electrons. The van der Waals surface area contributed by atoms with Gasteiger partial charge in [0.2, 0.25) is 0 Å². The van der Waals surface area contributed by atoms with E-state index in [1.54, 1.807) is 0 Å². The number of carbonyl (C=O) groups is 1. The van der Waals surface area contributed by atoms with Gasteiger partial charge in [0.1, 0.15) is 11.5 Å². The molecule has 1 aliphatic carbocycles. The summed E-state index contributed by atoms with van der Waals surface area (Å²) < 4.78 is 11.0. The van der Waals surface area contributed by atoms with Crippen LogP contribution in [0.3, 0.4) is 0 Å². The maximum absolute atomic E-state index is 12.0. The van der Waals surface area contributed by atoms with Crippen LogP contribution in [0, 0.1) is 0 Å². The minimum Gasteiger partial charge on any atom is -0.494 e. The van der Waals surface area contributed by atoms with E-state index in [2.05, 4.69) is 24.4 Å². The Kier molecular flexibility index (Phi) is 5.36. The van der Waals surface area contributed by atoms with Gasteiger partial charge in [-0.2, -0.15) is 0 Å². The molecule has 1 N–H and O–H groups in total. The van der Waals surface area contributed by atoms with E-state index in [0.717, 1.165) is 30.7 Å². The van der Waals surface area contributed by atoms with Gasteiger partial charge in [-0.05, 0) is 73.2 Å². The fourth-order valence-corrected chi connectivity index (χ4v) is 2.85. The first kappa shape index (κ1) is 16.4. The first-order valence-corrected chi connectivity index (χ1v) is 8.52. The van der Waals surface area contributed by atoms with E-state index in [4.69, 9.17) is 9.47 Å². The third-order valence-electron chi connectivity index (χ3n) is 4.05. The number of nitrogens with one attached hydrogen (secondary N) is 1. The van der Waals surface area contributed by atoms with Crippen LogP contribution in [0.4, 0.5) is 5.69 Å². The van der Waals surface area contributed by atoms with E-state index in [1.807, 2.05) is 30.3 Å². The van der Waals surface area contributed by atoms with Crippen molar-refractivity contribution in [2.24, 2.45) is 0 Å². The Labute approximate surface area is 142 Å². The number of ether oxygens (including phenoxy) is 2. The fourth-order valence-electron chi connectivity index (χ4n) is 2.85. The summed E-state index contributed by atoms with van der Waals surface area (Å²) in [5, 5.41) is 2.89. The van der Waals surface area contributed by atoms with Crippen LogP contribution in [-0.4, -0.2) is 19.1 Å². The molecule has 0 aliphatic heterocycles. The highest BCUT2D eigenvalue weighted by molar-refractivity contribution is 5.92. The number of amides is 1. The van der Waals surface area contributed by atoms with E-state index in [9.17, 15) is 4.79 Å². The lowest BCUT2D eigenvalue weighted by Gasteiger charge is -2.10. The maximum Gasteiger partial charge on any atom is 0.262 e.